The van der Waals surface area contributed by atoms with E-state index in [0.29, 0.717) is 12.6 Å². The van der Waals surface area contributed by atoms with Gasteiger partial charge in [0.25, 0.3) is 0 Å². The van der Waals surface area contributed by atoms with E-state index < -0.39 is 12.6 Å². The van der Waals surface area contributed by atoms with E-state index in [1.165, 1.54) is 12.8 Å². The Balaban J connectivity index is 1.93. The minimum Gasteiger partial charge on any atom is -0.377 e. The molecule has 0 aromatic rings. The van der Waals surface area contributed by atoms with Crippen molar-refractivity contribution in [3.63, 3.8) is 0 Å². The quantitative estimate of drug-likeness (QED) is 0.726. The number of hydrogen-bond donors (Lipinski definition) is 1. The average molecular weight is 211 g/mol. The summed E-state index contributed by atoms with van der Waals surface area (Å²) in [6.07, 6.45) is -2.76. The molecular formula is C9H16F3NO. The summed E-state index contributed by atoms with van der Waals surface area (Å²) in [4.78, 5) is 0. The van der Waals surface area contributed by atoms with E-state index in [2.05, 4.69) is 5.32 Å². The van der Waals surface area contributed by atoms with Crippen molar-refractivity contribution in [3.8, 4) is 0 Å². The summed E-state index contributed by atoms with van der Waals surface area (Å²) in [6.45, 7) is 2.19. The van der Waals surface area contributed by atoms with Gasteiger partial charge in [-0.25, -0.2) is 0 Å². The Bertz CT molecular complexity index is 168. The molecule has 0 bridgehead atoms. The van der Waals surface area contributed by atoms with E-state index in [0.717, 1.165) is 0 Å². The highest BCUT2D eigenvalue weighted by atomic mass is 19.4. The Morgan fingerprint density at radius 3 is 2.57 bits per heavy atom. The van der Waals surface area contributed by atoms with E-state index >= 15 is 0 Å². The zero-order valence-electron chi connectivity index (χ0n) is 8.23. The second-order valence-corrected chi connectivity index (χ2v) is 3.73. The van der Waals surface area contributed by atoms with Gasteiger partial charge in [0.05, 0.1) is 19.1 Å². The number of nitrogens with one attached hydrogen (secondary N) is 1. The summed E-state index contributed by atoms with van der Waals surface area (Å²) in [5.74, 6) is 0. The molecule has 1 fully saturated rings. The van der Waals surface area contributed by atoms with Gasteiger partial charge in [0, 0.05) is 12.6 Å². The lowest BCUT2D eigenvalue weighted by Gasteiger charge is -2.14. The fraction of sp³-hybridized carbons (Fsp3) is 1.00. The van der Waals surface area contributed by atoms with Crippen LogP contribution in [-0.4, -0.2) is 31.5 Å². The second-order valence-electron chi connectivity index (χ2n) is 3.73. The number of halogens is 3. The molecule has 1 aliphatic carbocycles. The highest BCUT2D eigenvalue weighted by Gasteiger charge is 2.27. The molecule has 1 unspecified atom stereocenters. The second kappa shape index (κ2) is 4.98. The van der Waals surface area contributed by atoms with Crippen LogP contribution in [0.3, 0.4) is 0 Å². The van der Waals surface area contributed by atoms with E-state index in [4.69, 9.17) is 4.74 Å². The van der Waals surface area contributed by atoms with E-state index in [1.54, 1.807) is 6.92 Å². The van der Waals surface area contributed by atoms with Crippen LogP contribution in [0.5, 0.6) is 0 Å². The van der Waals surface area contributed by atoms with Gasteiger partial charge in [0.15, 0.2) is 0 Å². The van der Waals surface area contributed by atoms with Crippen molar-refractivity contribution in [3.05, 3.63) is 0 Å². The SMILES string of the molecule is CC(CNC1CC1)OCCC(F)(F)F. The molecule has 1 aliphatic rings. The summed E-state index contributed by atoms with van der Waals surface area (Å²) in [7, 11) is 0. The van der Waals surface area contributed by atoms with Crippen LogP contribution >= 0.6 is 0 Å². The third-order valence-corrected chi connectivity index (χ3v) is 2.06. The third kappa shape index (κ3) is 6.21. The molecule has 0 saturated heterocycles. The molecular weight excluding hydrogens is 195 g/mol. The number of rotatable bonds is 6. The van der Waals surface area contributed by atoms with E-state index in [1.807, 2.05) is 0 Å². The Hall–Kier alpha value is -0.290. The molecule has 1 rings (SSSR count). The molecule has 1 atom stereocenters. The van der Waals surface area contributed by atoms with Crippen LogP contribution in [0.15, 0.2) is 0 Å². The number of alkyl halides is 3. The third-order valence-electron chi connectivity index (χ3n) is 2.06. The molecule has 0 radical (unpaired) electrons. The number of ether oxygens (including phenoxy) is 1. The molecule has 0 aromatic heterocycles. The lowest BCUT2D eigenvalue weighted by molar-refractivity contribution is -0.148. The topological polar surface area (TPSA) is 21.3 Å². The minimum absolute atomic E-state index is 0.141. The first-order chi connectivity index (χ1) is 6.47. The summed E-state index contributed by atoms with van der Waals surface area (Å²) in [5.41, 5.74) is 0. The maximum Gasteiger partial charge on any atom is 0.391 e. The van der Waals surface area contributed by atoms with E-state index in [9.17, 15) is 13.2 Å². The maximum absolute atomic E-state index is 11.7. The summed E-state index contributed by atoms with van der Waals surface area (Å²) in [5, 5.41) is 3.20. The molecule has 84 valence electrons. The highest BCUT2D eigenvalue weighted by Crippen LogP contribution is 2.20. The molecule has 1 N–H and O–H groups in total. The lowest BCUT2D eigenvalue weighted by Crippen LogP contribution is -2.29. The Morgan fingerprint density at radius 1 is 1.43 bits per heavy atom. The fourth-order valence-corrected chi connectivity index (χ4v) is 1.05. The van der Waals surface area contributed by atoms with Crippen molar-refractivity contribution < 1.29 is 17.9 Å². The minimum atomic E-state index is -4.11. The van der Waals surface area contributed by atoms with Crippen molar-refractivity contribution in [2.45, 2.75) is 44.5 Å². The summed E-state index contributed by atoms with van der Waals surface area (Å²) < 4.78 is 40.2. The van der Waals surface area contributed by atoms with Gasteiger partial charge in [-0.3, -0.25) is 0 Å². The van der Waals surface area contributed by atoms with E-state index in [-0.39, 0.29) is 12.7 Å². The van der Waals surface area contributed by atoms with Gasteiger partial charge in [-0.1, -0.05) is 0 Å². The zero-order valence-corrected chi connectivity index (χ0v) is 8.23. The molecule has 0 aromatic carbocycles. The predicted octanol–water partition coefficient (Wildman–Crippen LogP) is 2.10. The number of hydrogen-bond acceptors (Lipinski definition) is 2. The first-order valence-electron chi connectivity index (χ1n) is 4.89. The smallest absolute Gasteiger partial charge is 0.377 e. The van der Waals surface area contributed by atoms with Gasteiger partial charge in [-0.05, 0) is 19.8 Å². The lowest BCUT2D eigenvalue weighted by atomic mass is 10.4. The van der Waals surface area contributed by atoms with Crippen LogP contribution in [0.25, 0.3) is 0 Å². The molecule has 0 amide bonds. The van der Waals surface area contributed by atoms with Gasteiger partial charge in [-0.2, -0.15) is 13.2 Å². The van der Waals surface area contributed by atoms with Crippen LogP contribution in [0.4, 0.5) is 13.2 Å². The summed E-state index contributed by atoms with van der Waals surface area (Å²) >= 11 is 0. The fourth-order valence-electron chi connectivity index (χ4n) is 1.05. The maximum atomic E-state index is 11.7. The monoisotopic (exact) mass is 211 g/mol. The normalized spacial score (nSPS) is 19.7. The molecule has 0 heterocycles. The van der Waals surface area contributed by atoms with Crippen LogP contribution in [0.1, 0.15) is 26.2 Å². The van der Waals surface area contributed by atoms with Crippen molar-refractivity contribution in [2.24, 2.45) is 0 Å². The standard InChI is InChI=1S/C9H16F3NO/c1-7(6-13-8-2-3-8)14-5-4-9(10,11)12/h7-8,13H,2-6H2,1H3. The molecule has 2 nitrogen and oxygen atoms in total. The Labute approximate surface area is 81.8 Å². The Morgan fingerprint density at radius 2 is 2.07 bits per heavy atom. The van der Waals surface area contributed by atoms with Gasteiger partial charge in [-0.15, -0.1) is 0 Å². The van der Waals surface area contributed by atoms with Crippen LogP contribution in [-0.2, 0) is 4.74 Å². The van der Waals surface area contributed by atoms with Crippen LogP contribution < -0.4 is 5.32 Å². The first-order valence-corrected chi connectivity index (χ1v) is 4.89. The molecule has 0 aliphatic heterocycles. The van der Waals surface area contributed by atoms with Crippen LogP contribution in [0, 0.1) is 0 Å². The highest BCUT2D eigenvalue weighted by molar-refractivity contribution is 4.81. The van der Waals surface area contributed by atoms with Crippen molar-refractivity contribution >= 4 is 0 Å². The molecule has 1 saturated carbocycles. The largest absolute Gasteiger partial charge is 0.391 e. The van der Waals surface area contributed by atoms with Crippen LogP contribution in [0.2, 0.25) is 0 Å². The zero-order chi connectivity index (χ0) is 10.6. The Kier molecular flexibility index (Phi) is 4.19. The molecule has 14 heavy (non-hydrogen) atoms. The van der Waals surface area contributed by atoms with Gasteiger partial charge in [0.1, 0.15) is 0 Å². The average Bonchev–Trinajstić information content (AvgIpc) is 2.81. The van der Waals surface area contributed by atoms with Gasteiger partial charge < -0.3 is 10.1 Å². The first kappa shape index (κ1) is 11.8. The van der Waals surface area contributed by atoms with Crippen molar-refractivity contribution in [2.75, 3.05) is 13.2 Å². The van der Waals surface area contributed by atoms with Crippen molar-refractivity contribution in [1.82, 2.24) is 5.32 Å². The van der Waals surface area contributed by atoms with Crippen molar-refractivity contribution in [1.29, 1.82) is 0 Å². The predicted molar refractivity (Wildman–Crippen MR) is 47.1 cm³/mol. The summed E-state index contributed by atoms with van der Waals surface area (Å²) in [6, 6.07) is 0.573. The van der Waals surface area contributed by atoms with Gasteiger partial charge >= 0.3 is 6.18 Å². The van der Waals surface area contributed by atoms with Gasteiger partial charge in [0.2, 0.25) is 0 Å². The molecule has 0 spiro atoms. The molecule has 5 heteroatoms.